The summed E-state index contributed by atoms with van der Waals surface area (Å²) >= 11 is 0. The van der Waals surface area contributed by atoms with Gasteiger partial charge < -0.3 is 5.11 Å². The van der Waals surface area contributed by atoms with Gasteiger partial charge in [-0.1, -0.05) is 0 Å². The number of carbonyl (C=O) groups is 1. The van der Waals surface area contributed by atoms with E-state index in [2.05, 4.69) is 0 Å². The zero-order valence-electron chi connectivity index (χ0n) is 4.10. The highest BCUT2D eigenvalue weighted by Gasteiger charge is 2.13. The molecule has 0 aromatic carbocycles. The summed E-state index contributed by atoms with van der Waals surface area (Å²) in [6.45, 7) is 0. The van der Waals surface area contributed by atoms with Crippen molar-refractivity contribution in [2.45, 2.75) is 12.7 Å². The van der Waals surface area contributed by atoms with E-state index >= 15 is 0 Å². The summed E-state index contributed by atoms with van der Waals surface area (Å²) < 4.78 is 22.3. The van der Waals surface area contributed by atoms with Gasteiger partial charge in [-0.2, -0.15) is 0 Å². The number of aliphatic carboxylic acids is 1. The number of rotatable bonds is 3. The molecule has 0 saturated carbocycles. The highest BCUT2D eigenvalue weighted by atomic mass is 19.2. The number of halogens is 2. The third-order valence-electron chi connectivity index (χ3n) is 0.576. The minimum Gasteiger partial charge on any atom is -0.481 e. The molecule has 0 rings (SSSR count). The van der Waals surface area contributed by atoms with Gasteiger partial charge in [-0.05, 0) is 0 Å². The van der Waals surface area contributed by atoms with E-state index in [1.165, 1.54) is 0 Å². The van der Waals surface area contributed by atoms with Crippen LogP contribution in [0.2, 0.25) is 6.32 Å². The molecular weight excluding hydrogens is 117 g/mol. The fraction of sp³-hybridized carbons (Fsp3) is 0.667. The van der Waals surface area contributed by atoms with Crippen LogP contribution in [0.5, 0.6) is 0 Å². The second-order valence-electron chi connectivity index (χ2n) is 1.32. The lowest BCUT2D eigenvalue weighted by Gasteiger charge is -1.86. The Bertz CT molecular complexity index is 85.4. The quantitative estimate of drug-likeness (QED) is 0.564. The Balaban J connectivity index is 3.05. The van der Waals surface area contributed by atoms with Crippen LogP contribution in [0.4, 0.5) is 8.63 Å². The lowest BCUT2D eigenvalue weighted by Crippen LogP contribution is -2.01. The highest BCUT2D eigenvalue weighted by molar-refractivity contribution is 6.42. The van der Waals surface area contributed by atoms with Gasteiger partial charge in [0.1, 0.15) is 0 Å². The zero-order valence-corrected chi connectivity index (χ0v) is 4.10. The van der Waals surface area contributed by atoms with E-state index in [9.17, 15) is 13.4 Å². The first kappa shape index (κ1) is 7.39. The van der Waals surface area contributed by atoms with Crippen LogP contribution in [-0.4, -0.2) is 18.3 Å². The Morgan fingerprint density at radius 3 is 2.25 bits per heavy atom. The molecule has 0 atom stereocenters. The molecule has 0 unspecified atom stereocenters. The van der Waals surface area contributed by atoms with Gasteiger partial charge in [0, 0.05) is 12.7 Å². The van der Waals surface area contributed by atoms with E-state index in [0.717, 1.165) is 0 Å². The minimum absolute atomic E-state index is 0.447. The Morgan fingerprint density at radius 2 is 2.12 bits per heavy atom. The molecule has 46 valence electrons. The van der Waals surface area contributed by atoms with Gasteiger partial charge in [0.2, 0.25) is 0 Å². The SMILES string of the molecule is O=C(O)CCB(F)F. The van der Waals surface area contributed by atoms with Gasteiger partial charge in [0.05, 0.1) is 0 Å². The van der Waals surface area contributed by atoms with Gasteiger partial charge in [-0.3, -0.25) is 13.4 Å². The van der Waals surface area contributed by atoms with Gasteiger partial charge >= 0.3 is 13.2 Å². The molecule has 1 N–H and O–H groups in total. The summed E-state index contributed by atoms with van der Waals surface area (Å²) in [7, 11) is -2.49. The van der Waals surface area contributed by atoms with Crippen molar-refractivity contribution in [3.8, 4) is 0 Å². The fourth-order valence-electron chi connectivity index (χ4n) is 0.233. The molecule has 5 heteroatoms. The first-order valence-electron chi connectivity index (χ1n) is 2.13. The molecule has 0 aliphatic rings. The largest absolute Gasteiger partial charge is 0.538 e. The van der Waals surface area contributed by atoms with Crippen LogP contribution in [0, 0.1) is 0 Å². The highest BCUT2D eigenvalue weighted by Crippen LogP contribution is 1.98. The van der Waals surface area contributed by atoms with Crippen molar-refractivity contribution in [1.82, 2.24) is 0 Å². The molecule has 0 spiro atoms. The fourth-order valence-corrected chi connectivity index (χ4v) is 0.233. The number of hydrogen-bond acceptors (Lipinski definition) is 1. The Hall–Kier alpha value is -0.605. The minimum atomic E-state index is -2.49. The molecule has 0 fully saturated rings. The van der Waals surface area contributed by atoms with E-state index in [0.29, 0.717) is 0 Å². The average molecular weight is 122 g/mol. The maximum absolute atomic E-state index is 11.1. The lowest BCUT2D eigenvalue weighted by atomic mass is 9.91. The summed E-state index contributed by atoms with van der Waals surface area (Å²) in [4.78, 5) is 9.57. The van der Waals surface area contributed by atoms with Crippen molar-refractivity contribution in [2.24, 2.45) is 0 Å². The van der Waals surface area contributed by atoms with E-state index < -0.39 is 26.0 Å². The molecule has 0 radical (unpaired) electrons. The summed E-state index contributed by atoms with van der Waals surface area (Å²) in [6.07, 6.45) is -0.993. The molecule has 0 aromatic rings. The van der Waals surface area contributed by atoms with Crippen LogP contribution in [0.15, 0.2) is 0 Å². The predicted octanol–water partition coefficient (Wildman–Crippen LogP) is 0.888. The third-order valence-corrected chi connectivity index (χ3v) is 0.576. The van der Waals surface area contributed by atoms with Crippen molar-refractivity contribution in [1.29, 1.82) is 0 Å². The number of carboxylic acid groups (broad SMARTS) is 1. The average Bonchev–Trinajstić information content (AvgIpc) is 1.61. The standard InChI is InChI=1S/C3H5BF2O2/c5-4(6)2-1-3(7)8/h1-2H2,(H,7,8). The van der Waals surface area contributed by atoms with Crippen LogP contribution in [0.25, 0.3) is 0 Å². The molecule has 0 bridgehead atoms. The van der Waals surface area contributed by atoms with Crippen molar-refractivity contribution in [3.63, 3.8) is 0 Å². The Morgan fingerprint density at radius 1 is 1.62 bits per heavy atom. The maximum Gasteiger partial charge on any atom is 0.538 e. The summed E-state index contributed by atoms with van der Waals surface area (Å²) in [6, 6.07) is 0. The molecule has 0 aliphatic carbocycles. The molecule has 0 saturated heterocycles. The summed E-state index contributed by atoms with van der Waals surface area (Å²) in [5.74, 6) is -1.18. The summed E-state index contributed by atoms with van der Waals surface area (Å²) in [5.41, 5.74) is 0. The van der Waals surface area contributed by atoms with Crippen molar-refractivity contribution < 1.29 is 18.5 Å². The van der Waals surface area contributed by atoms with E-state index in [-0.39, 0.29) is 0 Å². The topological polar surface area (TPSA) is 37.3 Å². The van der Waals surface area contributed by atoms with Crippen LogP contribution in [0.3, 0.4) is 0 Å². The maximum atomic E-state index is 11.1. The zero-order chi connectivity index (χ0) is 6.57. The lowest BCUT2D eigenvalue weighted by molar-refractivity contribution is -0.136. The molecule has 0 aromatic heterocycles. The van der Waals surface area contributed by atoms with Crippen LogP contribution in [0.1, 0.15) is 6.42 Å². The molecule has 0 aliphatic heterocycles. The molecule has 8 heavy (non-hydrogen) atoms. The van der Waals surface area contributed by atoms with Gasteiger partial charge in [0.15, 0.2) is 0 Å². The van der Waals surface area contributed by atoms with Crippen LogP contribution in [-0.2, 0) is 4.79 Å². The first-order chi connectivity index (χ1) is 3.63. The van der Waals surface area contributed by atoms with E-state index in [4.69, 9.17) is 5.11 Å². The predicted molar refractivity (Wildman–Crippen MR) is 25.0 cm³/mol. The van der Waals surface area contributed by atoms with E-state index in [1.807, 2.05) is 0 Å². The van der Waals surface area contributed by atoms with Crippen LogP contribution < -0.4 is 0 Å². The van der Waals surface area contributed by atoms with Gasteiger partial charge in [-0.25, -0.2) is 0 Å². The second kappa shape index (κ2) is 3.40. The summed E-state index contributed by atoms with van der Waals surface area (Å²) in [5, 5.41) is 7.83. The number of carboxylic acids is 1. The normalized spacial score (nSPS) is 8.75. The molecule has 2 nitrogen and oxygen atoms in total. The molecule has 0 heterocycles. The third kappa shape index (κ3) is 5.39. The Labute approximate surface area is 45.7 Å². The van der Waals surface area contributed by atoms with Crippen molar-refractivity contribution in [3.05, 3.63) is 0 Å². The first-order valence-corrected chi connectivity index (χ1v) is 2.13. The van der Waals surface area contributed by atoms with Crippen LogP contribution >= 0.6 is 0 Å². The van der Waals surface area contributed by atoms with Gasteiger partial charge in [0.25, 0.3) is 0 Å². The molecular formula is C3H5BF2O2. The van der Waals surface area contributed by atoms with Crippen molar-refractivity contribution >= 4 is 13.2 Å². The second-order valence-corrected chi connectivity index (χ2v) is 1.32. The monoisotopic (exact) mass is 122 g/mol. The molecule has 0 amide bonds. The van der Waals surface area contributed by atoms with E-state index in [1.54, 1.807) is 0 Å². The smallest absolute Gasteiger partial charge is 0.481 e. The Kier molecular flexibility index (Phi) is 3.15. The van der Waals surface area contributed by atoms with Gasteiger partial charge in [-0.15, -0.1) is 0 Å². The van der Waals surface area contributed by atoms with Crippen molar-refractivity contribution in [2.75, 3.05) is 0 Å². The number of hydrogen-bond donors (Lipinski definition) is 1.